The smallest absolute Gasteiger partial charge is 0.413 e. The highest BCUT2D eigenvalue weighted by atomic mass is 16.5. The second-order valence-electron chi connectivity index (χ2n) is 17.5. The summed E-state index contributed by atoms with van der Waals surface area (Å²) < 4.78 is 5.46. The number of carbonyl (C=O) groups is 2. The molecule has 5 aliphatic rings. The largest absolute Gasteiger partial charge is 0.481 e. The average molecular weight is 630 g/mol. The number of rotatable bonds is 4. The molecule has 0 aromatic heterocycles. The maximum Gasteiger partial charge on any atom is 0.413 e. The van der Waals surface area contributed by atoms with Gasteiger partial charge in [0.05, 0.1) is 5.41 Å². The van der Waals surface area contributed by atoms with Crippen molar-refractivity contribution in [1.29, 1.82) is 5.41 Å². The molecular formula is C39H55N3O4. The van der Waals surface area contributed by atoms with Crippen LogP contribution in [0.15, 0.2) is 53.3 Å². The summed E-state index contributed by atoms with van der Waals surface area (Å²) >= 11 is 0. The summed E-state index contributed by atoms with van der Waals surface area (Å²) in [5, 5.41) is 22.4. The van der Waals surface area contributed by atoms with E-state index in [9.17, 15) is 14.7 Å². The monoisotopic (exact) mass is 629 g/mol. The molecule has 7 heteroatoms. The van der Waals surface area contributed by atoms with Gasteiger partial charge < -0.3 is 15.6 Å². The zero-order valence-electron chi connectivity index (χ0n) is 29.0. The predicted molar refractivity (Wildman–Crippen MR) is 181 cm³/mol. The van der Waals surface area contributed by atoms with Gasteiger partial charge >= 0.3 is 12.1 Å². The number of amidine groups is 1. The van der Waals surface area contributed by atoms with Crippen LogP contribution in [-0.4, -0.2) is 23.0 Å². The Morgan fingerprint density at radius 1 is 0.978 bits per heavy atom. The summed E-state index contributed by atoms with van der Waals surface area (Å²) in [7, 11) is 0. The van der Waals surface area contributed by atoms with Crippen LogP contribution in [0.1, 0.15) is 112 Å². The standard InChI is InChI=1S/C39H55N3O4/c1-34(2)17-19-39(32(43)44)20-18-37(6)26(27(39)22-34)13-14-29-36(5)21-25(30(40)35(3,4)28(36)15-16-38(29,37)7)31(41)42-33(45)46-23-24-11-9-8-10-12-24/h8-13,27-29H,14-23,40H2,1-7H3,(H,43,44)(H2,41,42,45)/t27?,28?,29?,36-,37+,38+,39-/m0/s1. The fourth-order valence-corrected chi connectivity index (χ4v) is 11.6. The lowest BCUT2D eigenvalue weighted by Gasteiger charge is -2.70. The van der Waals surface area contributed by atoms with Gasteiger partial charge in [-0.05, 0) is 103 Å². The Balaban J connectivity index is 1.32. The summed E-state index contributed by atoms with van der Waals surface area (Å²) in [5.74, 6) is 0.160. The van der Waals surface area contributed by atoms with Crippen molar-refractivity contribution in [2.24, 2.45) is 56.0 Å². The average Bonchev–Trinajstić information content (AvgIpc) is 2.98. The summed E-state index contributed by atoms with van der Waals surface area (Å²) in [6.07, 6.45) is 9.76. The number of carboxylic acids is 1. The minimum absolute atomic E-state index is 0.0217. The highest BCUT2D eigenvalue weighted by molar-refractivity contribution is 6.05. The van der Waals surface area contributed by atoms with Crippen LogP contribution in [0.2, 0.25) is 0 Å². The molecular weight excluding hydrogens is 574 g/mol. The van der Waals surface area contributed by atoms with Crippen molar-refractivity contribution >= 4 is 17.9 Å². The Hall–Kier alpha value is -3.09. The van der Waals surface area contributed by atoms with Gasteiger partial charge in [-0.3, -0.25) is 15.5 Å². The van der Waals surface area contributed by atoms with Gasteiger partial charge in [0, 0.05) is 16.7 Å². The van der Waals surface area contributed by atoms with E-state index in [4.69, 9.17) is 15.9 Å². The molecule has 0 spiro atoms. The number of alkyl carbamates (subject to hydrolysis) is 1. The van der Waals surface area contributed by atoms with Crippen molar-refractivity contribution in [3.8, 4) is 0 Å². The zero-order valence-corrected chi connectivity index (χ0v) is 29.0. The van der Waals surface area contributed by atoms with Gasteiger partial charge in [-0.25, -0.2) is 4.79 Å². The normalized spacial score (nSPS) is 39.0. The number of aliphatic carboxylic acids is 1. The summed E-state index contributed by atoms with van der Waals surface area (Å²) in [5.41, 5.74) is 9.48. The van der Waals surface area contributed by atoms with Crippen LogP contribution < -0.4 is 11.1 Å². The molecule has 0 bridgehead atoms. The fourth-order valence-electron chi connectivity index (χ4n) is 11.6. The molecule has 3 unspecified atom stereocenters. The van der Waals surface area contributed by atoms with E-state index < -0.39 is 17.5 Å². The van der Waals surface area contributed by atoms with Gasteiger partial charge in [0.2, 0.25) is 0 Å². The van der Waals surface area contributed by atoms with Crippen LogP contribution in [-0.2, 0) is 16.1 Å². The van der Waals surface area contributed by atoms with E-state index in [2.05, 4.69) is 59.9 Å². The molecule has 5 N–H and O–H groups in total. The molecule has 250 valence electrons. The third kappa shape index (κ3) is 4.69. The summed E-state index contributed by atoms with van der Waals surface area (Å²) in [6, 6.07) is 9.52. The molecule has 46 heavy (non-hydrogen) atoms. The Kier molecular flexibility index (Phi) is 7.65. The van der Waals surface area contributed by atoms with E-state index in [1.807, 2.05) is 30.3 Å². The van der Waals surface area contributed by atoms with Crippen LogP contribution >= 0.6 is 0 Å². The maximum atomic E-state index is 13.0. The minimum Gasteiger partial charge on any atom is -0.481 e. The quantitative estimate of drug-likeness (QED) is 0.151. The Morgan fingerprint density at radius 2 is 1.65 bits per heavy atom. The molecule has 6 rings (SSSR count). The lowest BCUT2D eigenvalue weighted by Crippen LogP contribution is -2.64. The van der Waals surface area contributed by atoms with Crippen LogP contribution in [0.5, 0.6) is 0 Å². The van der Waals surface area contributed by atoms with E-state index in [1.54, 1.807) is 0 Å². The highest BCUT2D eigenvalue weighted by Crippen LogP contribution is 2.76. The van der Waals surface area contributed by atoms with E-state index >= 15 is 0 Å². The van der Waals surface area contributed by atoms with Gasteiger partial charge in [-0.15, -0.1) is 0 Å². The second kappa shape index (κ2) is 10.7. The predicted octanol–water partition coefficient (Wildman–Crippen LogP) is 8.60. The van der Waals surface area contributed by atoms with Gasteiger partial charge in [0.1, 0.15) is 12.4 Å². The molecule has 1 aromatic carbocycles. The topological polar surface area (TPSA) is 126 Å². The van der Waals surface area contributed by atoms with E-state index in [0.29, 0.717) is 29.5 Å². The van der Waals surface area contributed by atoms with E-state index in [0.717, 1.165) is 56.9 Å². The molecule has 5 aliphatic carbocycles. The molecule has 7 nitrogen and oxygen atoms in total. The third-order valence-electron chi connectivity index (χ3n) is 14.5. The third-order valence-corrected chi connectivity index (χ3v) is 14.5. The summed E-state index contributed by atoms with van der Waals surface area (Å²) in [6.45, 7) is 16.5. The Bertz CT molecular complexity index is 1510. The molecule has 0 heterocycles. The number of hydrogen-bond donors (Lipinski definition) is 4. The molecule has 0 aliphatic heterocycles. The molecule has 0 saturated heterocycles. The van der Waals surface area contributed by atoms with E-state index in [-0.39, 0.29) is 45.4 Å². The number of carboxylic acid groups (broad SMARTS) is 1. The number of fused-ring (bicyclic) bond motifs is 7. The molecule has 3 fully saturated rings. The van der Waals surface area contributed by atoms with Gasteiger partial charge in [-0.1, -0.05) is 90.4 Å². The molecule has 7 atom stereocenters. The number of benzene rings is 1. The first-order valence-electron chi connectivity index (χ1n) is 17.4. The first-order valence-corrected chi connectivity index (χ1v) is 17.4. The number of carbonyl (C=O) groups excluding carboxylic acids is 1. The zero-order chi connectivity index (χ0) is 33.5. The van der Waals surface area contributed by atoms with Crippen molar-refractivity contribution in [3.63, 3.8) is 0 Å². The van der Waals surface area contributed by atoms with Gasteiger partial charge in [-0.2, -0.15) is 0 Å². The number of hydrogen-bond acceptors (Lipinski definition) is 5. The minimum atomic E-state index is -0.655. The second-order valence-corrected chi connectivity index (χ2v) is 17.5. The van der Waals surface area contributed by atoms with Crippen molar-refractivity contribution in [2.45, 2.75) is 113 Å². The number of nitrogens with one attached hydrogen (secondary N) is 2. The van der Waals surface area contributed by atoms with Crippen LogP contribution in [0.4, 0.5) is 4.79 Å². The number of allylic oxidation sites excluding steroid dienone is 3. The fraction of sp³-hybridized carbons (Fsp3) is 0.667. The Labute approximate surface area is 275 Å². The van der Waals surface area contributed by atoms with Crippen LogP contribution in [0, 0.1) is 55.7 Å². The van der Waals surface area contributed by atoms with Crippen molar-refractivity contribution in [1.82, 2.24) is 5.32 Å². The molecule has 1 amide bonds. The van der Waals surface area contributed by atoms with Crippen molar-refractivity contribution in [2.75, 3.05) is 0 Å². The molecule has 1 aromatic rings. The summed E-state index contributed by atoms with van der Waals surface area (Å²) in [4.78, 5) is 25.8. The van der Waals surface area contributed by atoms with E-state index in [1.165, 1.54) is 5.57 Å². The van der Waals surface area contributed by atoms with Crippen molar-refractivity contribution in [3.05, 3.63) is 58.8 Å². The van der Waals surface area contributed by atoms with Crippen molar-refractivity contribution < 1.29 is 19.4 Å². The molecule has 0 radical (unpaired) electrons. The highest BCUT2D eigenvalue weighted by Gasteiger charge is 2.69. The Morgan fingerprint density at radius 3 is 2.33 bits per heavy atom. The molecule has 3 saturated carbocycles. The lowest BCUT2D eigenvalue weighted by atomic mass is 9.33. The van der Waals surface area contributed by atoms with Crippen LogP contribution in [0.25, 0.3) is 0 Å². The first kappa shape index (κ1) is 32.8. The van der Waals surface area contributed by atoms with Gasteiger partial charge in [0.15, 0.2) is 0 Å². The number of ether oxygens (including phenoxy) is 1. The van der Waals surface area contributed by atoms with Gasteiger partial charge in [0.25, 0.3) is 0 Å². The van der Waals surface area contributed by atoms with Crippen LogP contribution in [0.3, 0.4) is 0 Å². The number of nitrogens with two attached hydrogens (primary N) is 1. The first-order chi connectivity index (χ1) is 21.4. The SMILES string of the molecule is CC1(C)CC[C@]2(C(=O)O)CC[C@]3(C)C(=CCC4[C@@]5(C)CC(C(=N)NC(=O)OCc6ccccc6)=C(N)C(C)(C)C5CC[C@]43C)C2C1. The lowest BCUT2D eigenvalue weighted by molar-refractivity contribution is -0.178. The number of amides is 1. The maximum absolute atomic E-state index is 13.0.